The Morgan fingerprint density at radius 2 is 1.73 bits per heavy atom. The van der Waals surface area contributed by atoms with Gasteiger partial charge >= 0.3 is 0 Å². The zero-order valence-corrected chi connectivity index (χ0v) is 23.7. The van der Waals surface area contributed by atoms with Gasteiger partial charge in [0.05, 0.1) is 5.60 Å². The fraction of sp³-hybridized carbons (Fsp3) is 0.871. The number of allylic oxidation sites excluding steroid dienone is 2. The summed E-state index contributed by atoms with van der Waals surface area (Å²) >= 11 is 1.78. The van der Waals surface area contributed by atoms with E-state index in [1.54, 1.807) is 17.3 Å². The predicted molar refractivity (Wildman–Crippen MR) is 145 cm³/mol. The van der Waals surface area contributed by atoms with Gasteiger partial charge in [0.15, 0.2) is 0 Å². The lowest BCUT2D eigenvalue weighted by molar-refractivity contribution is -0.00603. The van der Waals surface area contributed by atoms with Crippen LogP contribution < -0.4 is 0 Å². The van der Waals surface area contributed by atoms with Crippen molar-refractivity contribution in [3.05, 3.63) is 22.6 Å². The number of thioether (sulfide) groups is 1. The van der Waals surface area contributed by atoms with Crippen LogP contribution in [-0.2, 0) is 0 Å². The average molecular weight is 473 g/mol. The zero-order valence-electron chi connectivity index (χ0n) is 22.9. The van der Waals surface area contributed by atoms with Crippen LogP contribution in [-0.4, -0.2) is 16.5 Å². The van der Waals surface area contributed by atoms with Crippen molar-refractivity contribution in [2.45, 2.75) is 125 Å². The van der Waals surface area contributed by atoms with Gasteiger partial charge in [0.2, 0.25) is 0 Å². The normalized spacial score (nSPS) is 43.4. The molecule has 0 unspecified atom stereocenters. The number of rotatable bonds is 8. The van der Waals surface area contributed by atoms with E-state index in [1.807, 2.05) is 5.57 Å². The van der Waals surface area contributed by atoms with Crippen LogP contribution in [0.25, 0.3) is 0 Å². The summed E-state index contributed by atoms with van der Waals surface area (Å²) in [5.41, 5.74) is 3.93. The van der Waals surface area contributed by atoms with Gasteiger partial charge in [-0.1, -0.05) is 85.5 Å². The summed E-state index contributed by atoms with van der Waals surface area (Å²) in [4.78, 5) is 1.03. The van der Waals surface area contributed by atoms with E-state index in [0.29, 0.717) is 16.7 Å². The second kappa shape index (κ2) is 9.02. The highest BCUT2D eigenvalue weighted by Crippen LogP contribution is 2.73. The summed E-state index contributed by atoms with van der Waals surface area (Å²) in [6.07, 6.45) is 14.0. The third kappa shape index (κ3) is 3.83. The summed E-state index contributed by atoms with van der Waals surface area (Å²) in [5.74, 6) is 3.91. The quantitative estimate of drug-likeness (QED) is 0.355. The molecule has 0 aromatic heterocycles. The third-order valence-electron chi connectivity index (χ3n) is 11.6. The van der Waals surface area contributed by atoms with Crippen LogP contribution in [0.5, 0.6) is 0 Å². The highest BCUT2D eigenvalue weighted by atomic mass is 32.2. The maximum absolute atomic E-state index is 11.8. The minimum atomic E-state index is -0.668. The topological polar surface area (TPSA) is 20.2 Å². The second-order valence-corrected chi connectivity index (χ2v) is 14.8. The molecule has 1 nitrogen and oxygen atoms in total. The molecule has 0 aliphatic heterocycles. The average Bonchev–Trinajstić information content (AvgIpc) is 3.19. The lowest BCUT2D eigenvalue weighted by atomic mass is 9.48. The number of fused-ring (bicyclic) bond motifs is 4. The fourth-order valence-electron chi connectivity index (χ4n) is 9.47. The monoisotopic (exact) mass is 472 g/mol. The maximum atomic E-state index is 11.8. The first kappa shape index (κ1) is 25.9. The van der Waals surface area contributed by atoms with Crippen molar-refractivity contribution >= 4 is 11.8 Å². The maximum Gasteiger partial charge on any atom is 0.0985 e. The Hall–Kier alpha value is -0.210. The van der Waals surface area contributed by atoms with Gasteiger partial charge in [0.25, 0.3) is 0 Å². The molecule has 4 aliphatic carbocycles. The lowest BCUT2D eigenvalue weighted by Gasteiger charge is -2.57. The molecule has 188 valence electrons. The van der Waals surface area contributed by atoms with E-state index in [-0.39, 0.29) is 5.41 Å². The minimum Gasteiger partial charge on any atom is -0.384 e. The number of aliphatic hydroxyl groups is 1. The van der Waals surface area contributed by atoms with Gasteiger partial charge in [0.1, 0.15) is 0 Å². The molecule has 0 heterocycles. The predicted octanol–water partition coefficient (Wildman–Crippen LogP) is 9.17. The Morgan fingerprint density at radius 1 is 1.00 bits per heavy atom. The van der Waals surface area contributed by atoms with Crippen molar-refractivity contribution in [1.29, 1.82) is 0 Å². The van der Waals surface area contributed by atoms with Crippen LogP contribution >= 0.6 is 11.8 Å². The van der Waals surface area contributed by atoms with Crippen molar-refractivity contribution in [3.63, 3.8) is 0 Å². The van der Waals surface area contributed by atoms with Gasteiger partial charge in [-0.2, -0.15) is 0 Å². The smallest absolute Gasteiger partial charge is 0.0985 e. The molecular formula is C31H52OS. The Kier molecular flexibility index (Phi) is 7.07. The molecule has 33 heavy (non-hydrogen) atoms. The highest BCUT2D eigenvalue weighted by molar-refractivity contribution is 8.03. The Balaban J connectivity index is 1.61. The molecule has 4 rings (SSSR count). The summed E-state index contributed by atoms with van der Waals surface area (Å²) < 4.78 is 0. The van der Waals surface area contributed by atoms with Gasteiger partial charge in [-0.15, -0.1) is 11.8 Å². The van der Waals surface area contributed by atoms with E-state index >= 15 is 0 Å². The second-order valence-electron chi connectivity index (χ2n) is 13.4. The van der Waals surface area contributed by atoms with E-state index < -0.39 is 5.60 Å². The summed E-state index contributed by atoms with van der Waals surface area (Å²) in [6.45, 7) is 21.7. The van der Waals surface area contributed by atoms with Crippen molar-refractivity contribution in [3.8, 4) is 0 Å². The lowest BCUT2D eigenvalue weighted by Crippen LogP contribution is -2.49. The summed E-state index contributed by atoms with van der Waals surface area (Å²) in [5, 5.41) is 11.8. The van der Waals surface area contributed by atoms with Gasteiger partial charge < -0.3 is 5.11 Å². The summed E-state index contributed by atoms with van der Waals surface area (Å²) in [7, 11) is 0. The van der Waals surface area contributed by atoms with Crippen molar-refractivity contribution in [1.82, 2.24) is 0 Å². The molecular weight excluding hydrogens is 420 g/mol. The van der Waals surface area contributed by atoms with Crippen LogP contribution in [0.2, 0.25) is 0 Å². The van der Waals surface area contributed by atoms with E-state index in [0.717, 1.165) is 47.7 Å². The molecule has 0 saturated heterocycles. The van der Waals surface area contributed by atoms with Gasteiger partial charge in [-0.25, -0.2) is 0 Å². The molecule has 1 N–H and O–H groups in total. The summed E-state index contributed by atoms with van der Waals surface area (Å²) in [6, 6.07) is 0. The van der Waals surface area contributed by atoms with Crippen molar-refractivity contribution in [2.75, 3.05) is 5.75 Å². The Morgan fingerprint density at radius 3 is 2.39 bits per heavy atom. The van der Waals surface area contributed by atoms with Gasteiger partial charge in [0, 0.05) is 10.8 Å². The Bertz CT molecular complexity index is 797. The zero-order chi connectivity index (χ0) is 24.2. The van der Waals surface area contributed by atoms with Crippen LogP contribution in [0.1, 0.15) is 119 Å². The van der Waals surface area contributed by atoms with E-state index in [4.69, 9.17) is 0 Å². The Labute approximate surface area is 209 Å². The van der Waals surface area contributed by atoms with Crippen LogP contribution in [0.15, 0.2) is 22.6 Å². The first-order chi connectivity index (χ1) is 15.4. The molecule has 2 heteroatoms. The van der Waals surface area contributed by atoms with Gasteiger partial charge in [-0.3, -0.25) is 0 Å². The molecule has 2 fully saturated rings. The first-order valence-electron chi connectivity index (χ1n) is 14.2. The van der Waals surface area contributed by atoms with Gasteiger partial charge in [-0.05, 0) is 91.1 Å². The van der Waals surface area contributed by atoms with Crippen LogP contribution in [0.3, 0.4) is 0 Å². The molecule has 7 atom stereocenters. The van der Waals surface area contributed by atoms with Crippen LogP contribution in [0, 0.1) is 39.9 Å². The fourth-order valence-corrected chi connectivity index (χ4v) is 10.3. The SMILES string of the molecule is C=C(SCC)[C@]1(O)CC[C@]2(C)C3=C(CC[C@@H]12)[C@]1(C)CC[C@H]([C@H](C)CCCC(C)C)[C@@]1(C)CC3. The molecule has 0 aromatic rings. The molecule has 0 aromatic carbocycles. The standard InChI is InChI=1S/C31H52OS/c1-9-33-23(5)31(32)20-19-28(6)25-16-18-29(7)24(22(4)12-10-11-21(2)3)15-17-30(29,8)26(25)13-14-27(28)31/h21-22,24,27,32H,5,9-20H2,1-4,6-8H3/t22-,24-,27-,28-,29-,30+,31-/m1/s1. The third-order valence-corrected chi connectivity index (χ3v) is 12.6. The van der Waals surface area contributed by atoms with E-state index in [2.05, 4.69) is 55.0 Å². The van der Waals surface area contributed by atoms with E-state index in [9.17, 15) is 5.11 Å². The molecule has 0 radical (unpaired) electrons. The molecule has 4 aliphatic rings. The minimum absolute atomic E-state index is 0.172. The van der Waals surface area contributed by atoms with Crippen molar-refractivity contribution in [2.24, 2.45) is 39.9 Å². The molecule has 0 bridgehead atoms. The largest absolute Gasteiger partial charge is 0.384 e. The van der Waals surface area contributed by atoms with E-state index in [1.165, 1.54) is 51.4 Å². The molecule has 0 amide bonds. The number of hydrogen-bond acceptors (Lipinski definition) is 2. The highest BCUT2D eigenvalue weighted by Gasteiger charge is 2.64. The molecule has 2 saturated carbocycles. The molecule has 0 spiro atoms. The van der Waals surface area contributed by atoms with Crippen molar-refractivity contribution < 1.29 is 5.11 Å². The number of hydrogen-bond donors (Lipinski definition) is 1. The van der Waals surface area contributed by atoms with Crippen LogP contribution in [0.4, 0.5) is 0 Å². The first-order valence-corrected chi connectivity index (χ1v) is 15.2.